The second kappa shape index (κ2) is 15.6. The Morgan fingerprint density at radius 2 is 1.21 bits per heavy atom. The Hall–Kier alpha value is -2.20. The number of nitrogens with zero attached hydrogens (tertiary/aromatic N) is 2. The van der Waals surface area contributed by atoms with Crippen molar-refractivity contribution in [3.63, 3.8) is 0 Å². The van der Waals surface area contributed by atoms with Crippen molar-refractivity contribution in [2.24, 2.45) is 16.2 Å². The molecule has 0 bridgehead atoms. The van der Waals surface area contributed by atoms with Crippen LogP contribution in [0.4, 0.5) is 0 Å². The Labute approximate surface area is 199 Å². The lowest BCUT2D eigenvalue weighted by atomic mass is 9.94. The first-order valence-electron chi connectivity index (χ1n) is 11.7. The predicted octanol–water partition coefficient (Wildman–Crippen LogP) is 2.24. The zero-order valence-corrected chi connectivity index (χ0v) is 21.5. The summed E-state index contributed by atoms with van der Waals surface area (Å²) in [6, 6.07) is 0. The monoisotopic (exact) mass is 470 g/mol. The standard InChI is InChI=1S/C23H46N6O4/c1-17(28-32)22(3,4)26-15-12-19(13-16-27-23(5,6)18(2)29-33)11-14-25-21(31)10-8-9-20(30)24-7/h19,26-27,32-33H,8-16H2,1-7H3,(H,24,30)(H,25,31)/b28-17-,29-18-. The maximum Gasteiger partial charge on any atom is 0.220 e. The first-order chi connectivity index (χ1) is 15.4. The first kappa shape index (κ1) is 30.8. The molecule has 0 aliphatic carbocycles. The quantitative estimate of drug-likeness (QED) is 0.109. The van der Waals surface area contributed by atoms with E-state index in [0.717, 1.165) is 32.4 Å². The van der Waals surface area contributed by atoms with E-state index >= 15 is 0 Å². The van der Waals surface area contributed by atoms with E-state index in [0.29, 0.717) is 43.1 Å². The van der Waals surface area contributed by atoms with Gasteiger partial charge in [0.1, 0.15) is 0 Å². The number of hydrogen-bond donors (Lipinski definition) is 6. The lowest BCUT2D eigenvalue weighted by Gasteiger charge is -2.28. The van der Waals surface area contributed by atoms with Crippen molar-refractivity contribution in [2.75, 3.05) is 26.7 Å². The molecule has 0 saturated carbocycles. The summed E-state index contributed by atoms with van der Waals surface area (Å²) in [5.41, 5.74) is 0.413. The van der Waals surface area contributed by atoms with Crippen LogP contribution in [0.15, 0.2) is 10.3 Å². The van der Waals surface area contributed by atoms with Crippen LogP contribution >= 0.6 is 0 Å². The molecule has 0 atom stereocenters. The highest BCUT2D eigenvalue weighted by atomic mass is 16.4. The molecule has 33 heavy (non-hydrogen) atoms. The summed E-state index contributed by atoms with van der Waals surface area (Å²) >= 11 is 0. The lowest BCUT2D eigenvalue weighted by Crippen LogP contribution is -2.47. The van der Waals surface area contributed by atoms with Crippen LogP contribution in [-0.2, 0) is 9.59 Å². The van der Waals surface area contributed by atoms with Gasteiger partial charge in [0, 0.05) is 26.4 Å². The molecule has 0 saturated heterocycles. The molecule has 10 nitrogen and oxygen atoms in total. The molecule has 0 unspecified atom stereocenters. The van der Waals surface area contributed by atoms with Gasteiger partial charge in [0.15, 0.2) is 0 Å². The summed E-state index contributed by atoms with van der Waals surface area (Å²) in [6.45, 7) is 13.5. The average Bonchev–Trinajstić information content (AvgIpc) is 2.76. The van der Waals surface area contributed by atoms with Gasteiger partial charge in [0.2, 0.25) is 11.8 Å². The van der Waals surface area contributed by atoms with Crippen LogP contribution in [0.25, 0.3) is 0 Å². The molecule has 10 heteroatoms. The number of carbonyl (C=O) groups excluding carboxylic acids is 2. The Bertz CT molecular complexity index is 625. The van der Waals surface area contributed by atoms with Gasteiger partial charge in [0.25, 0.3) is 0 Å². The van der Waals surface area contributed by atoms with E-state index in [4.69, 9.17) is 10.4 Å². The number of carbonyl (C=O) groups is 2. The van der Waals surface area contributed by atoms with Crippen LogP contribution in [0.1, 0.15) is 80.1 Å². The summed E-state index contributed by atoms with van der Waals surface area (Å²) in [6.07, 6.45) is 3.83. The molecular weight excluding hydrogens is 424 g/mol. The van der Waals surface area contributed by atoms with Crippen molar-refractivity contribution in [3.05, 3.63) is 0 Å². The van der Waals surface area contributed by atoms with Crippen LogP contribution in [0.5, 0.6) is 0 Å². The third kappa shape index (κ3) is 13.2. The predicted molar refractivity (Wildman–Crippen MR) is 132 cm³/mol. The zero-order chi connectivity index (χ0) is 25.5. The van der Waals surface area contributed by atoms with Crippen LogP contribution in [0.2, 0.25) is 0 Å². The highest BCUT2D eigenvalue weighted by Gasteiger charge is 2.23. The molecule has 0 rings (SSSR count). The summed E-state index contributed by atoms with van der Waals surface area (Å²) in [4.78, 5) is 23.3. The zero-order valence-electron chi connectivity index (χ0n) is 21.5. The van der Waals surface area contributed by atoms with E-state index in [2.05, 4.69) is 31.6 Å². The molecule has 0 aromatic heterocycles. The van der Waals surface area contributed by atoms with Crippen molar-refractivity contribution >= 4 is 23.2 Å². The second-order valence-corrected chi connectivity index (χ2v) is 9.58. The van der Waals surface area contributed by atoms with Crippen LogP contribution < -0.4 is 21.3 Å². The second-order valence-electron chi connectivity index (χ2n) is 9.58. The van der Waals surface area contributed by atoms with E-state index in [1.54, 1.807) is 20.9 Å². The molecule has 0 heterocycles. The van der Waals surface area contributed by atoms with Gasteiger partial charge in [-0.25, -0.2) is 0 Å². The van der Waals surface area contributed by atoms with Gasteiger partial charge >= 0.3 is 0 Å². The fourth-order valence-electron chi connectivity index (χ4n) is 3.16. The van der Waals surface area contributed by atoms with E-state index in [1.807, 2.05) is 27.7 Å². The van der Waals surface area contributed by atoms with E-state index in [1.165, 1.54) is 0 Å². The molecular formula is C23H46N6O4. The molecule has 0 radical (unpaired) electrons. The largest absolute Gasteiger partial charge is 0.411 e. The Morgan fingerprint density at radius 3 is 1.64 bits per heavy atom. The van der Waals surface area contributed by atoms with Gasteiger partial charge in [-0.2, -0.15) is 0 Å². The van der Waals surface area contributed by atoms with Crippen molar-refractivity contribution in [2.45, 2.75) is 91.1 Å². The van der Waals surface area contributed by atoms with Crippen LogP contribution in [0.3, 0.4) is 0 Å². The van der Waals surface area contributed by atoms with Gasteiger partial charge in [-0.3, -0.25) is 9.59 Å². The molecule has 0 aliphatic rings. The molecule has 0 aromatic carbocycles. The average molecular weight is 471 g/mol. The topological polar surface area (TPSA) is 147 Å². The minimum absolute atomic E-state index is 0.0410. The molecule has 192 valence electrons. The fraction of sp³-hybridized carbons (Fsp3) is 0.826. The van der Waals surface area contributed by atoms with Crippen LogP contribution in [0, 0.1) is 5.92 Å². The smallest absolute Gasteiger partial charge is 0.220 e. The Kier molecular flexibility index (Phi) is 14.6. The van der Waals surface area contributed by atoms with E-state index in [-0.39, 0.29) is 11.8 Å². The summed E-state index contributed by atoms with van der Waals surface area (Å²) < 4.78 is 0. The van der Waals surface area contributed by atoms with Crippen molar-refractivity contribution in [1.29, 1.82) is 0 Å². The fourth-order valence-corrected chi connectivity index (χ4v) is 3.16. The summed E-state index contributed by atoms with van der Waals surface area (Å²) in [5.74, 6) is 0.248. The Balaban J connectivity index is 4.70. The van der Waals surface area contributed by atoms with Gasteiger partial charge in [-0.1, -0.05) is 10.3 Å². The minimum Gasteiger partial charge on any atom is -0.411 e. The number of amides is 2. The molecule has 6 N–H and O–H groups in total. The maximum atomic E-state index is 12.1. The number of nitrogens with one attached hydrogen (secondary N) is 4. The Morgan fingerprint density at radius 1 is 0.788 bits per heavy atom. The molecule has 0 spiro atoms. The van der Waals surface area contributed by atoms with Crippen molar-refractivity contribution < 1.29 is 20.0 Å². The number of hydrogen-bond acceptors (Lipinski definition) is 8. The van der Waals surface area contributed by atoms with Crippen molar-refractivity contribution in [3.8, 4) is 0 Å². The van der Waals surface area contributed by atoms with Crippen LogP contribution in [-0.4, -0.2) is 71.4 Å². The third-order valence-electron chi connectivity index (χ3n) is 6.31. The van der Waals surface area contributed by atoms with Crippen molar-refractivity contribution in [1.82, 2.24) is 21.3 Å². The number of rotatable bonds is 17. The van der Waals surface area contributed by atoms with Gasteiger partial charge in [-0.05, 0) is 86.2 Å². The normalized spacial score (nSPS) is 13.3. The SMILES string of the molecule is CNC(=O)CCCC(=O)NCCC(CCNC(C)(C)/C(C)=N\O)CCNC(C)(C)/C(C)=N\O. The summed E-state index contributed by atoms with van der Waals surface area (Å²) in [5, 5.41) is 37.1. The van der Waals surface area contributed by atoms with Gasteiger partial charge in [-0.15, -0.1) is 0 Å². The molecule has 0 aliphatic heterocycles. The van der Waals surface area contributed by atoms with E-state index < -0.39 is 11.1 Å². The highest BCUT2D eigenvalue weighted by Crippen LogP contribution is 2.15. The summed E-state index contributed by atoms with van der Waals surface area (Å²) in [7, 11) is 1.59. The molecule has 0 aromatic rings. The molecule has 0 fully saturated rings. The third-order valence-corrected chi connectivity index (χ3v) is 6.31. The maximum absolute atomic E-state index is 12.1. The number of oxime groups is 2. The van der Waals surface area contributed by atoms with E-state index in [9.17, 15) is 9.59 Å². The highest BCUT2D eigenvalue weighted by molar-refractivity contribution is 5.90. The van der Waals surface area contributed by atoms with Gasteiger partial charge in [0.05, 0.1) is 22.5 Å². The minimum atomic E-state index is -0.409. The molecule has 2 amide bonds. The van der Waals surface area contributed by atoms with Gasteiger partial charge < -0.3 is 31.7 Å². The first-order valence-corrected chi connectivity index (χ1v) is 11.7. The lowest BCUT2D eigenvalue weighted by molar-refractivity contribution is -0.122.